The van der Waals surface area contributed by atoms with Crippen molar-refractivity contribution >= 4 is 17.7 Å². The van der Waals surface area contributed by atoms with Crippen molar-refractivity contribution in [1.82, 2.24) is 4.90 Å². The Kier molecular flexibility index (Phi) is 5.35. The van der Waals surface area contributed by atoms with E-state index < -0.39 is 17.5 Å². The predicted octanol–water partition coefficient (Wildman–Crippen LogP) is 3.53. The minimum Gasteiger partial charge on any atom is -0.480 e. The van der Waals surface area contributed by atoms with Crippen LogP contribution in [0.5, 0.6) is 0 Å². The van der Waals surface area contributed by atoms with Crippen LogP contribution in [0.2, 0.25) is 0 Å². The highest BCUT2D eigenvalue weighted by molar-refractivity contribution is 5.94. The van der Waals surface area contributed by atoms with Crippen molar-refractivity contribution in [1.29, 1.82) is 0 Å². The van der Waals surface area contributed by atoms with Crippen molar-refractivity contribution in [2.45, 2.75) is 46.1 Å². The number of carbonyl (C=O) groups excluding carboxylic acids is 1. The first-order chi connectivity index (χ1) is 9.71. The number of aliphatic carboxylic acids is 1. The lowest BCUT2D eigenvalue weighted by Crippen LogP contribution is -2.54. The molecule has 1 aromatic rings. The maximum atomic E-state index is 12.4. The molecule has 0 aliphatic rings. The summed E-state index contributed by atoms with van der Waals surface area (Å²) in [5.41, 5.74) is 0.484. The molecule has 0 saturated heterocycles. The second-order valence-corrected chi connectivity index (χ2v) is 5.78. The summed E-state index contributed by atoms with van der Waals surface area (Å²) in [7, 11) is 0. The summed E-state index contributed by atoms with van der Waals surface area (Å²) >= 11 is 0. The summed E-state index contributed by atoms with van der Waals surface area (Å²) in [6.07, 6.45) is 0. The zero-order valence-electron chi connectivity index (χ0n) is 13.3. The number of nitrogens with one attached hydrogen (secondary N) is 1. The van der Waals surface area contributed by atoms with Crippen LogP contribution in [-0.2, 0) is 4.79 Å². The van der Waals surface area contributed by atoms with Crippen molar-refractivity contribution in [2.24, 2.45) is 0 Å². The summed E-state index contributed by atoms with van der Waals surface area (Å²) in [6, 6.07) is 7.15. The molecule has 1 rings (SSSR count). The number of carboxylic acid groups (broad SMARTS) is 1. The molecule has 21 heavy (non-hydrogen) atoms. The number of hydrogen-bond acceptors (Lipinski definition) is 2. The number of carboxylic acids is 1. The van der Waals surface area contributed by atoms with E-state index in [1.807, 2.05) is 38.1 Å². The SMILES string of the molecule is CCN(C(=O)Nc1ccccc1C(C)C)C(C)(C)C(=O)O. The summed E-state index contributed by atoms with van der Waals surface area (Å²) < 4.78 is 0. The van der Waals surface area contributed by atoms with Gasteiger partial charge in [0.15, 0.2) is 0 Å². The van der Waals surface area contributed by atoms with Crippen LogP contribution in [0.15, 0.2) is 24.3 Å². The van der Waals surface area contributed by atoms with Crippen LogP contribution in [0.4, 0.5) is 10.5 Å². The van der Waals surface area contributed by atoms with E-state index in [0.717, 1.165) is 11.3 Å². The highest BCUT2D eigenvalue weighted by atomic mass is 16.4. The highest BCUT2D eigenvalue weighted by Crippen LogP contribution is 2.25. The van der Waals surface area contributed by atoms with Crippen LogP contribution in [0.1, 0.15) is 46.1 Å². The molecule has 2 N–H and O–H groups in total. The Labute approximate surface area is 126 Å². The quantitative estimate of drug-likeness (QED) is 0.872. The number of urea groups is 1. The molecule has 0 aromatic heterocycles. The van der Waals surface area contributed by atoms with Crippen LogP contribution < -0.4 is 5.32 Å². The van der Waals surface area contributed by atoms with Crippen molar-refractivity contribution in [3.8, 4) is 0 Å². The average Bonchev–Trinajstić information content (AvgIpc) is 2.39. The molecule has 0 unspecified atom stereocenters. The zero-order chi connectivity index (χ0) is 16.2. The second-order valence-electron chi connectivity index (χ2n) is 5.78. The lowest BCUT2D eigenvalue weighted by molar-refractivity contribution is -0.147. The molecule has 5 heteroatoms. The molecule has 1 aromatic carbocycles. The normalized spacial score (nSPS) is 11.3. The van der Waals surface area contributed by atoms with Crippen molar-refractivity contribution < 1.29 is 14.7 Å². The van der Waals surface area contributed by atoms with Crippen LogP contribution in [0, 0.1) is 0 Å². The lowest BCUT2D eigenvalue weighted by atomic mass is 10.0. The third-order valence-corrected chi connectivity index (χ3v) is 3.58. The van der Waals surface area contributed by atoms with Crippen LogP contribution >= 0.6 is 0 Å². The van der Waals surface area contributed by atoms with E-state index in [2.05, 4.69) is 5.32 Å². The van der Waals surface area contributed by atoms with E-state index in [9.17, 15) is 14.7 Å². The van der Waals surface area contributed by atoms with E-state index in [4.69, 9.17) is 0 Å². The van der Waals surface area contributed by atoms with Crippen LogP contribution in [0.3, 0.4) is 0 Å². The molecule has 2 amide bonds. The monoisotopic (exact) mass is 292 g/mol. The molecule has 0 bridgehead atoms. The average molecular weight is 292 g/mol. The number of anilines is 1. The van der Waals surface area contributed by atoms with E-state index >= 15 is 0 Å². The van der Waals surface area contributed by atoms with E-state index in [1.165, 1.54) is 18.7 Å². The largest absolute Gasteiger partial charge is 0.480 e. The number of amides is 2. The lowest BCUT2D eigenvalue weighted by Gasteiger charge is -2.34. The predicted molar refractivity (Wildman–Crippen MR) is 83.6 cm³/mol. The Bertz CT molecular complexity index is 524. The molecule has 0 spiro atoms. The third-order valence-electron chi connectivity index (χ3n) is 3.58. The molecule has 0 atom stereocenters. The molecule has 0 aliphatic carbocycles. The smallest absolute Gasteiger partial charge is 0.329 e. The van der Waals surface area contributed by atoms with E-state index in [0.29, 0.717) is 6.54 Å². The number of nitrogens with zero attached hydrogens (tertiary/aromatic N) is 1. The second kappa shape index (κ2) is 6.61. The van der Waals surface area contributed by atoms with Crippen LogP contribution in [-0.4, -0.2) is 34.1 Å². The van der Waals surface area contributed by atoms with Gasteiger partial charge in [-0.15, -0.1) is 0 Å². The first kappa shape index (κ1) is 17.0. The number of para-hydroxylation sites is 1. The Balaban J connectivity index is 3.02. The fourth-order valence-corrected chi connectivity index (χ4v) is 2.21. The van der Waals surface area contributed by atoms with Gasteiger partial charge in [0.2, 0.25) is 0 Å². The third kappa shape index (κ3) is 3.74. The number of hydrogen-bond donors (Lipinski definition) is 2. The topological polar surface area (TPSA) is 69.6 Å². The molecule has 0 aliphatic heterocycles. The fourth-order valence-electron chi connectivity index (χ4n) is 2.21. The van der Waals surface area contributed by atoms with E-state index in [-0.39, 0.29) is 5.92 Å². The van der Waals surface area contributed by atoms with Gasteiger partial charge in [0.1, 0.15) is 5.54 Å². The van der Waals surface area contributed by atoms with Gasteiger partial charge in [-0.05, 0) is 38.3 Å². The van der Waals surface area contributed by atoms with Gasteiger partial charge in [-0.25, -0.2) is 9.59 Å². The van der Waals surface area contributed by atoms with Crippen LogP contribution in [0.25, 0.3) is 0 Å². The number of rotatable bonds is 5. The molecular weight excluding hydrogens is 268 g/mol. The Morgan fingerprint density at radius 1 is 1.29 bits per heavy atom. The number of carbonyl (C=O) groups is 2. The van der Waals surface area contributed by atoms with Gasteiger partial charge >= 0.3 is 12.0 Å². The molecule has 116 valence electrons. The van der Waals surface area contributed by atoms with Gasteiger partial charge < -0.3 is 15.3 Å². The summed E-state index contributed by atoms with van der Waals surface area (Å²) in [4.78, 5) is 25.1. The molecular formula is C16H24N2O3. The van der Waals surface area contributed by atoms with Crippen molar-refractivity contribution in [3.63, 3.8) is 0 Å². The van der Waals surface area contributed by atoms with Crippen molar-refractivity contribution in [3.05, 3.63) is 29.8 Å². The van der Waals surface area contributed by atoms with Crippen molar-refractivity contribution in [2.75, 3.05) is 11.9 Å². The Hall–Kier alpha value is -2.04. The summed E-state index contributed by atoms with van der Waals surface area (Å²) in [6.45, 7) is 9.21. The first-order valence-corrected chi connectivity index (χ1v) is 7.12. The van der Waals surface area contributed by atoms with Gasteiger partial charge in [0.05, 0.1) is 0 Å². The maximum Gasteiger partial charge on any atom is 0.329 e. The summed E-state index contributed by atoms with van der Waals surface area (Å²) in [5.74, 6) is -0.763. The van der Waals surface area contributed by atoms with E-state index in [1.54, 1.807) is 6.92 Å². The minimum atomic E-state index is -1.26. The van der Waals surface area contributed by atoms with Gasteiger partial charge in [0.25, 0.3) is 0 Å². The minimum absolute atomic E-state index is 0.268. The molecule has 0 saturated carbocycles. The zero-order valence-corrected chi connectivity index (χ0v) is 13.3. The Morgan fingerprint density at radius 2 is 1.86 bits per heavy atom. The fraction of sp³-hybridized carbons (Fsp3) is 0.500. The number of benzene rings is 1. The Morgan fingerprint density at radius 3 is 2.33 bits per heavy atom. The first-order valence-electron chi connectivity index (χ1n) is 7.12. The highest BCUT2D eigenvalue weighted by Gasteiger charge is 2.37. The maximum absolute atomic E-state index is 12.4. The van der Waals surface area contributed by atoms with Gasteiger partial charge in [0, 0.05) is 12.2 Å². The van der Waals surface area contributed by atoms with Gasteiger partial charge in [-0.2, -0.15) is 0 Å². The molecule has 0 heterocycles. The molecule has 5 nitrogen and oxygen atoms in total. The summed E-state index contributed by atoms with van der Waals surface area (Å²) in [5, 5.41) is 12.1. The van der Waals surface area contributed by atoms with Gasteiger partial charge in [-0.1, -0.05) is 32.0 Å². The number of likely N-dealkylation sites (N-methyl/N-ethyl adjacent to an activating group) is 1. The van der Waals surface area contributed by atoms with Gasteiger partial charge in [-0.3, -0.25) is 0 Å². The standard InChI is InChI=1S/C16H24N2O3/c1-6-18(16(4,5)14(19)20)15(21)17-13-10-8-7-9-12(13)11(2)3/h7-11H,6H2,1-5H3,(H,17,21)(H,19,20). The molecule has 0 fully saturated rings. The molecule has 0 radical (unpaired) electrons.